The van der Waals surface area contributed by atoms with Crippen molar-refractivity contribution in [3.8, 4) is 0 Å². The molecular weight excluding hydrogens is 282 g/mol. The van der Waals surface area contributed by atoms with Crippen LogP contribution in [0, 0.1) is 0 Å². The van der Waals surface area contributed by atoms with Crippen molar-refractivity contribution in [3.05, 3.63) is 58.5 Å². The van der Waals surface area contributed by atoms with E-state index in [0.29, 0.717) is 17.3 Å². The summed E-state index contributed by atoms with van der Waals surface area (Å²) in [5, 5.41) is 3.49. The number of benzene rings is 1. The summed E-state index contributed by atoms with van der Waals surface area (Å²) in [6, 6.07) is 10.9. The largest absolute Gasteiger partial charge is 0.455 e. The molecule has 1 N–H and O–H groups in total. The topological polar surface area (TPSA) is 42.2 Å². The maximum atomic E-state index is 11.9. The second kappa shape index (κ2) is 6.68. The standard InChI is InChI=1S/C14H14ClNO2S/c1-19-9-12-6-7-13(18-12)14(17)16-8-10-2-4-11(15)5-3-10/h2-7H,8-9H2,1H3,(H,16,17). The molecule has 0 saturated carbocycles. The number of rotatable bonds is 5. The van der Waals surface area contributed by atoms with Gasteiger partial charge in [-0.2, -0.15) is 11.8 Å². The molecule has 0 atom stereocenters. The Morgan fingerprint density at radius 3 is 2.68 bits per heavy atom. The Balaban J connectivity index is 1.91. The minimum Gasteiger partial charge on any atom is -0.455 e. The van der Waals surface area contributed by atoms with Gasteiger partial charge >= 0.3 is 0 Å². The van der Waals surface area contributed by atoms with E-state index in [4.69, 9.17) is 16.0 Å². The molecule has 19 heavy (non-hydrogen) atoms. The molecule has 2 rings (SSSR count). The van der Waals surface area contributed by atoms with Crippen LogP contribution in [0.15, 0.2) is 40.8 Å². The van der Waals surface area contributed by atoms with E-state index in [9.17, 15) is 4.79 Å². The first kappa shape index (κ1) is 14.0. The lowest BCUT2D eigenvalue weighted by atomic mass is 10.2. The van der Waals surface area contributed by atoms with E-state index >= 15 is 0 Å². The molecule has 1 heterocycles. The summed E-state index contributed by atoms with van der Waals surface area (Å²) in [4.78, 5) is 11.9. The van der Waals surface area contributed by atoms with Gasteiger partial charge in [0.1, 0.15) is 5.76 Å². The zero-order chi connectivity index (χ0) is 13.7. The van der Waals surface area contributed by atoms with Gasteiger partial charge in [-0.25, -0.2) is 0 Å². The van der Waals surface area contributed by atoms with Crippen molar-refractivity contribution < 1.29 is 9.21 Å². The quantitative estimate of drug-likeness (QED) is 0.914. The molecule has 3 nitrogen and oxygen atoms in total. The van der Waals surface area contributed by atoms with Crippen LogP contribution in [0.1, 0.15) is 21.9 Å². The lowest BCUT2D eigenvalue weighted by Gasteiger charge is -2.03. The number of furan rings is 1. The van der Waals surface area contributed by atoms with Crippen LogP contribution < -0.4 is 5.32 Å². The summed E-state index contributed by atoms with van der Waals surface area (Å²) in [6.45, 7) is 0.453. The molecule has 5 heteroatoms. The third-order valence-corrected chi connectivity index (χ3v) is 3.36. The average molecular weight is 296 g/mol. The molecule has 1 amide bonds. The highest BCUT2D eigenvalue weighted by Gasteiger charge is 2.10. The highest BCUT2D eigenvalue weighted by Crippen LogP contribution is 2.14. The molecule has 100 valence electrons. The molecule has 0 bridgehead atoms. The zero-order valence-electron chi connectivity index (χ0n) is 10.5. The molecule has 0 aliphatic carbocycles. The Labute approximate surface area is 121 Å². The van der Waals surface area contributed by atoms with Crippen LogP contribution in [0.3, 0.4) is 0 Å². The van der Waals surface area contributed by atoms with Crippen molar-refractivity contribution in [1.82, 2.24) is 5.32 Å². The Bertz CT molecular complexity index is 551. The lowest BCUT2D eigenvalue weighted by molar-refractivity contribution is 0.0922. The predicted molar refractivity (Wildman–Crippen MR) is 78.5 cm³/mol. The number of halogens is 1. The highest BCUT2D eigenvalue weighted by molar-refractivity contribution is 7.97. The van der Waals surface area contributed by atoms with Crippen LogP contribution in [0.2, 0.25) is 5.02 Å². The third kappa shape index (κ3) is 4.04. The normalized spacial score (nSPS) is 10.4. The van der Waals surface area contributed by atoms with E-state index in [1.807, 2.05) is 24.5 Å². The maximum absolute atomic E-state index is 11.9. The van der Waals surface area contributed by atoms with Crippen LogP contribution >= 0.6 is 23.4 Å². The van der Waals surface area contributed by atoms with Crippen molar-refractivity contribution in [2.75, 3.05) is 6.26 Å². The first-order valence-electron chi connectivity index (χ1n) is 5.79. The fourth-order valence-electron chi connectivity index (χ4n) is 1.59. The maximum Gasteiger partial charge on any atom is 0.287 e. The molecule has 0 radical (unpaired) electrons. The van der Waals surface area contributed by atoms with Crippen LogP contribution in [0.5, 0.6) is 0 Å². The molecule has 0 spiro atoms. The summed E-state index contributed by atoms with van der Waals surface area (Å²) in [7, 11) is 0. The Morgan fingerprint density at radius 2 is 2.00 bits per heavy atom. The summed E-state index contributed by atoms with van der Waals surface area (Å²) in [5.74, 6) is 1.72. The van der Waals surface area contributed by atoms with E-state index in [-0.39, 0.29) is 5.91 Å². The van der Waals surface area contributed by atoms with E-state index in [2.05, 4.69) is 5.32 Å². The second-order valence-electron chi connectivity index (χ2n) is 4.01. The van der Waals surface area contributed by atoms with Gasteiger partial charge in [-0.3, -0.25) is 4.79 Å². The van der Waals surface area contributed by atoms with E-state index in [0.717, 1.165) is 17.1 Å². The summed E-state index contributed by atoms with van der Waals surface area (Å²) in [5.41, 5.74) is 0.994. The average Bonchev–Trinajstić information content (AvgIpc) is 2.87. The molecule has 0 aliphatic rings. The van der Waals surface area contributed by atoms with Gasteiger partial charge < -0.3 is 9.73 Å². The van der Waals surface area contributed by atoms with E-state index in [1.165, 1.54) is 0 Å². The molecule has 1 aromatic heterocycles. The third-order valence-electron chi connectivity index (χ3n) is 2.54. The number of nitrogens with one attached hydrogen (secondary N) is 1. The van der Waals surface area contributed by atoms with Crippen LogP contribution in [-0.2, 0) is 12.3 Å². The number of thioether (sulfide) groups is 1. The van der Waals surface area contributed by atoms with Crippen LogP contribution in [0.4, 0.5) is 0 Å². The smallest absolute Gasteiger partial charge is 0.287 e. The Hall–Kier alpha value is -1.39. The zero-order valence-corrected chi connectivity index (χ0v) is 12.1. The number of hydrogen-bond acceptors (Lipinski definition) is 3. The number of hydrogen-bond donors (Lipinski definition) is 1. The van der Waals surface area contributed by atoms with Crippen molar-refractivity contribution >= 4 is 29.3 Å². The van der Waals surface area contributed by atoms with Crippen LogP contribution in [-0.4, -0.2) is 12.2 Å². The summed E-state index contributed by atoms with van der Waals surface area (Å²) in [6.07, 6.45) is 1.99. The molecular formula is C14H14ClNO2S. The molecule has 1 aromatic carbocycles. The van der Waals surface area contributed by atoms with Gasteiger partial charge in [-0.05, 0) is 36.1 Å². The molecule has 0 saturated heterocycles. The second-order valence-corrected chi connectivity index (χ2v) is 5.31. The molecule has 0 fully saturated rings. The minimum atomic E-state index is -0.206. The van der Waals surface area contributed by atoms with Gasteiger partial charge in [-0.1, -0.05) is 23.7 Å². The molecule has 0 unspecified atom stereocenters. The highest BCUT2D eigenvalue weighted by atomic mass is 35.5. The number of carbonyl (C=O) groups is 1. The van der Waals surface area contributed by atoms with Gasteiger partial charge in [0.25, 0.3) is 5.91 Å². The summed E-state index contributed by atoms with van der Waals surface area (Å²) < 4.78 is 5.44. The predicted octanol–water partition coefficient (Wildman–Crippen LogP) is 3.73. The van der Waals surface area contributed by atoms with Crippen molar-refractivity contribution in [1.29, 1.82) is 0 Å². The van der Waals surface area contributed by atoms with Crippen molar-refractivity contribution in [2.45, 2.75) is 12.3 Å². The lowest BCUT2D eigenvalue weighted by Crippen LogP contribution is -2.22. The monoisotopic (exact) mass is 295 g/mol. The van der Waals surface area contributed by atoms with E-state index < -0.39 is 0 Å². The Kier molecular flexibility index (Phi) is 4.93. The first-order chi connectivity index (χ1) is 9.19. The van der Waals surface area contributed by atoms with Crippen molar-refractivity contribution in [2.24, 2.45) is 0 Å². The SMILES string of the molecule is CSCc1ccc(C(=O)NCc2ccc(Cl)cc2)o1. The fourth-order valence-corrected chi connectivity index (χ4v) is 2.16. The Morgan fingerprint density at radius 1 is 1.26 bits per heavy atom. The summed E-state index contributed by atoms with van der Waals surface area (Å²) >= 11 is 7.45. The molecule has 2 aromatic rings. The van der Waals surface area contributed by atoms with Crippen LogP contribution in [0.25, 0.3) is 0 Å². The van der Waals surface area contributed by atoms with Crippen molar-refractivity contribution in [3.63, 3.8) is 0 Å². The van der Waals surface area contributed by atoms with Gasteiger partial charge in [0, 0.05) is 11.6 Å². The number of amides is 1. The molecule has 0 aliphatic heterocycles. The van der Waals surface area contributed by atoms with E-state index in [1.54, 1.807) is 30.0 Å². The minimum absolute atomic E-state index is 0.206. The first-order valence-corrected chi connectivity index (χ1v) is 7.56. The van der Waals surface area contributed by atoms with Gasteiger partial charge in [0.05, 0.1) is 5.75 Å². The van der Waals surface area contributed by atoms with Gasteiger partial charge in [-0.15, -0.1) is 0 Å². The van der Waals surface area contributed by atoms with Gasteiger partial charge in [0.15, 0.2) is 5.76 Å². The number of carbonyl (C=O) groups excluding carboxylic acids is 1. The fraction of sp³-hybridized carbons (Fsp3) is 0.214. The van der Waals surface area contributed by atoms with Gasteiger partial charge in [0.2, 0.25) is 0 Å².